The van der Waals surface area contributed by atoms with Gasteiger partial charge in [-0.3, -0.25) is 0 Å². The number of nitrogens with one attached hydrogen (secondary N) is 1. The molecule has 1 N–H and O–H groups in total. The number of hydrogen-bond donors (Lipinski definition) is 1. The summed E-state index contributed by atoms with van der Waals surface area (Å²) in [6.07, 6.45) is 0. The zero-order valence-electron chi connectivity index (χ0n) is 8.50. The summed E-state index contributed by atoms with van der Waals surface area (Å²) in [5.74, 6) is 0. The van der Waals surface area contributed by atoms with E-state index in [2.05, 4.69) is 5.32 Å². The van der Waals surface area contributed by atoms with Gasteiger partial charge in [0, 0.05) is 19.8 Å². The molecule has 0 saturated heterocycles. The quantitative estimate of drug-likeness (QED) is 0.799. The molecule has 0 aliphatic rings. The fourth-order valence-corrected chi connectivity index (χ4v) is 1.26. The Morgan fingerprint density at radius 2 is 2.07 bits per heavy atom. The lowest BCUT2D eigenvalue weighted by atomic mass is 10.2. The molecule has 0 bridgehead atoms. The monoisotopic (exact) mass is 246 g/mol. The molecule has 1 aromatic carbocycles. The van der Waals surface area contributed by atoms with Crippen molar-refractivity contribution in [2.45, 2.75) is 4.84 Å². The number of hydrogen-bond acceptors (Lipinski definition) is 1. The van der Waals surface area contributed by atoms with Crippen molar-refractivity contribution in [2.24, 2.45) is 0 Å². The number of amides is 2. The highest BCUT2D eigenvalue weighted by atomic mass is 35.5. The van der Waals surface area contributed by atoms with E-state index in [1.807, 2.05) is 0 Å². The van der Waals surface area contributed by atoms with Crippen LogP contribution in [0.15, 0.2) is 24.3 Å². The van der Waals surface area contributed by atoms with E-state index in [1.165, 1.54) is 4.90 Å². The number of carbonyl (C=O) groups is 1. The van der Waals surface area contributed by atoms with Gasteiger partial charge in [-0.1, -0.05) is 12.1 Å². The third-order valence-corrected chi connectivity index (χ3v) is 2.30. The summed E-state index contributed by atoms with van der Waals surface area (Å²) in [7, 11) is 3.34. The molecule has 0 unspecified atom stereocenters. The second-order valence-corrected chi connectivity index (χ2v) is 4.35. The summed E-state index contributed by atoms with van der Waals surface area (Å²) in [6, 6.07) is 6.93. The number of anilines is 1. The molecule has 15 heavy (non-hydrogen) atoms. The molecule has 0 fully saturated rings. The summed E-state index contributed by atoms with van der Waals surface area (Å²) in [4.78, 5) is 12.2. The lowest BCUT2D eigenvalue weighted by Crippen LogP contribution is -2.27. The maximum absolute atomic E-state index is 11.3. The highest BCUT2D eigenvalue weighted by Gasteiger charge is 2.06. The van der Waals surface area contributed by atoms with Crippen molar-refractivity contribution in [2.75, 3.05) is 19.4 Å². The van der Waals surface area contributed by atoms with Gasteiger partial charge >= 0.3 is 6.03 Å². The van der Waals surface area contributed by atoms with Crippen molar-refractivity contribution in [3.05, 3.63) is 29.8 Å². The SMILES string of the molecule is CN(C)C(=O)Nc1cccc(C(Cl)Cl)c1. The minimum atomic E-state index is -0.582. The smallest absolute Gasteiger partial charge is 0.321 e. The van der Waals surface area contributed by atoms with Crippen LogP contribution in [-0.4, -0.2) is 25.0 Å². The largest absolute Gasteiger partial charge is 0.331 e. The second-order valence-electron chi connectivity index (χ2n) is 3.25. The van der Waals surface area contributed by atoms with Crippen molar-refractivity contribution < 1.29 is 4.79 Å². The standard InChI is InChI=1S/C10H12Cl2N2O/c1-14(2)10(15)13-8-5-3-4-7(6-8)9(11)12/h3-6,9H,1-2H3,(H,13,15). The molecule has 1 aromatic rings. The van der Waals surface area contributed by atoms with Gasteiger partial charge in [-0.25, -0.2) is 4.79 Å². The van der Waals surface area contributed by atoms with Crippen molar-refractivity contribution in [1.82, 2.24) is 4.90 Å². The Balaban J connectivity index is 2.78. The van der Waals surface area contributed by atoms with E-state index in [1.54, 1.807) is 38.4 Å². The van der Waals surface area contributed by atoms with E-state index in [-0.39, 0.29) is 6.03 Å². The Morgan fingerprint density at radius 3 is 2.60 bits per heavy atom. The van der Waals surface area contributed by atoms with Gasteiger partial charge in [-0.05, 0) is 17.7 Å². The first-order valence-electron chi connectivity index (χ1n) is 4.37. The van der Waals surface area contributed by atoms with Crippen molar-refractivity contribution in [3.8, 4) is 0 Å². The predicted octanol–water partition coefficient (Wildman–Crippen LogP) is 3.26. The average molecular weight is 247 g/mol. The maximum atomic E-state index is 11.3. The Labute approximate surface area is 99.0 Å². The van der Waals surface area contributed by atoms with Gasteiger partial charge in [-0.15, -0.1) is 23.2 Å². The van der Waals surface area contributed by atoms with Crippen LogP contribution >= 0.6 is 23.2 Å². The van der Waals surface area contributed by atoms with Crippen LogP contribution < -0.4 is 5.32 Å². The topological polar surface area (TPSA) is 32.3 Å². The van der Waals surface area contributed by atoms with Crippen molar-refractivity contribution in [1.29, 1.82) is 0 Å². The molecular weight excluding hydrogens is 235 g/mol. The molecule has 0 atom stereocenters. The Morgan fingerprint density at radius 1 is 1.40 bits per heavy atom. The normalized spacial score (nSPS) is 10.2. The van der Waals surface area contributed by atoms with Crippen LogP contribution in [0, 0.1) is 0 Å². The van der Waals surface area contributed by atoms with Gasteiger partial charge in [0.1, 0.15) is 4.84 Å². The van der Waals surface area contributed by atoms with E-state index in [9.17, 15) is 4.79 Å². The van der Waals surface area contributed by atoms with Crippen LogP contribution in [0.2, 0.25) is 0 Å². The van der Waals surface area contributed by atoms with Crippen molar-refractivity contribution >= 4 is 34.9 Å². The van der Waals surface area contributed by atoms with Crippen LogP contribution in [0.5, 0.6) is 0 Å². The van der Waals surface area contributed by atoms with Crippen molar-refractivity contribution in [3.63, 3.8) is 0 Å². The first-order valence-corrected chi connectivity index (χ1v) is 5.24. The number of nitrogens with zero attached hydrogens (tertiary/aromatic N) is 1. The third kappa shape index (κ3) is 3.61. The van der Waals surface area contributed by atoms with Gasteiger partial charge in [-0.2, -0.15) is 0 Å². The first kappa shape index (κ1) is 12.1. The van der Waals surface area contributed by atoms with E-state index >= 15 is 0 Å². The minimum absolute atomic E-state index is 0.187. The highest BCUT2D eigenvalue weighted by molar-refractivity contribution is 6.44. The summed E-state index contributed by atoms with van der Waals surface area (Å²) in [6.45, 7) is 0. The van der Waals surface area contributed by atoms with Crippen LogP contribution in [0.4, 0.5) is 10.5 Å². The first-order chi connectivity index (χ1) is 7.00. The summed E-state index contributed by atoms with van der Waals surface area (Å²) in [5.41, 5.74) is 1.44. The van der Waals surface area contributed by atoms with E-state index in [0.717, 1.165) is 5.56 Å². The molecule has 0 aromatic heterocycles. The van der Waals surface area contributed by atoms with Gasteiger partial charge in [0.15, 0.2) is 0 Å². The molecule has 0 aliphatic heterocycles. The van der Waals surface area contributed by atoms with Crippen LogP contribution in [0.3, 0.4) is 0 Å². The molecule has 0 saturated carbocycles. The van der Waals surface area contributed by atoms with Gasteiger partial charge in [0.2, 0.25) is 0 Å². The molecule has 0 radical (unpaired) electrons. The molecule has 82 valence electrons. The number of alkyl halides is 2. The molecule has 0 aliphatic carbocycles. The zero-order chi connectivity index (χ0) is 11.4. The maximum Gasteiger partial charge on any atom is 0.321 e. The molecule has 0 spiro atoms. The van der Waals surface area contributed by atoms with Gasteiger partial charge < -0.3 is 10.2 Å². The fourth-order valence-electron chi connectivity index (χ4n) is 0.987. The zero-order valence-corrected chi connectivity index (χ0v) is 10.0. The number of rotatable bonds is 2. The highest BCUT2D eigenvalue weighted by Crippen LogP contribution is 2.26. The molecule has 5 heteroatoms. The summed E-state index contributed by atoms with van der Waals surface area (Å²) in [5, 5.41) is 2.71. The lowest BCUT2D eigenvalue weighted by molar-refractivity contribution is 0.230. The van der Waals surface area contributed by atoms with E-state index < -0.39 is 4.84 Å². The van der Waals surface area contributed by atoms with E-state index in [4.69, 9.17) is 23.2 Å². The number of benzene rings is 1. The second kappa shape index (κ2) is 5.24. The fraction of sp³-hybridized carbons (Fsp3) is 0.300. The summed E-state index contributed by atoms with van der Waals surface area (Å²) < 4.78 is 0. The molecule has 2 amide bonds. The van der Waals surface area contributed by atoms with E-state index in [0.29, 0.717) is 5.69 Å². The third-order valence-electron chi connectivity index (χ3n) is 1.80. The lowest BCUT2D eigenvalue weighted by Gasteiger charge is -2.12. The van der Waals surface area contributed by atoms with Crippen LogP contribution in [0.1, 0.15) is 10.4 Å². The molecular formula is C10H12Cl2N2O. The van der Waals surface area contributed by atoms with Gasteiger partial charge in [0.05, 0.1) is 0 Å². The predicted molar refractivity (Wildman–Crippen MR) is 63.6 cm³/mol. The Kier molecular flexibility index (Phi) is 4.24. The number of carbonyl (C=O) groups excluding carboxylic acids is 1. The molecule has 1 rings (SSSR count). The summed E-state index contributed by atoms with van der Waals surface area (Å²) >= 11 is 11.4. The Hall–Kier alpha value is -0.930. The number of halogens is 2. The molecule has 3 nitrogen and oxygen atoms in total. The Bertz CT molecular complexity index is 353. The molecule has 0 heterocycles. The minimum Gasteiger partial charge on any atom is -0.331 e. The van der Waals surface area contributed by atoms with Gasteiger partial charge in [0.25, 0.3) is 0 Å². The van der Waals surface area contributed by atoms with Crippen LogP contribution in [0.25, 0.3) is 0 Å². The number of urea groups is 1. The average Bonchev–Trinajstić information content (AvgIpc) is 2.18. The van der Waals surface area contributed by atoms with Crippen LogP contribution in [-0.2, 0) is 0 Å².